The number of rotatable bonds is 9. The molecule has 0 aliphatic heterocycles. The Morgan fingerprint density at radius 3 is 2.94 bits per heavy atom. The van der Waals surface area contributed by atoms with Gasteiger partial charge in [0.1, 0.15) is 0 Å². The molecule has 1 rings (SSSR count). The van der Waals surface area contributed by atoms with Crippen molar-refractivity contribution < 1.29 is 4.74 Å². The number of hydrogen-bond donors (Lipinski definition) is 1. The van der Waals surface area contributed by atoms with Crippen molar-refractivity contribution in [3.05, 3.63) is 18.0 Å². The molecule has 1 N–H and O–H groups in total. The molecule has 0 aliphatic carbocycles. The summed E-state index contributed by atoms with van der Waals surface area (Å²) in [6, 6.07) is 0. The van der Waals surface area contributed by atoms with E-state index >= 15 is 0 Å². The lowest BCUT2D eigenvalue weighted by Crippen LogP contribution is -2.18. The van der Waals surface area contributed by atoms with Crippen molar-refractivity contribution in [1.82, 2.24) is 15.1 Å². The van der Waals surface area contributed by atoms with E-state index in [0.717, 1.165) is 39.1 Å². The number of aromatic nitrogens is 2. The zero-order valence-corrected chi connectivity index (χ0v) is 11.3. The van der Waals surface area contributed by atoms with Crippen molar-refractivity contribution in [2.75, 3.05) is 20.3 Å². The van der Waals surface area contributed by atoms with Gasteiger partial charge in [0, 0.05) is 38.6 Å². The van der Waals surface area contributed by atoms with Gasteiger partial charge in [-0.1, -0.05) is 13.8 Å². The van der Waals surface area contributed by atoms with E-state index in [1.54, 1.807) is 7.11 Å². The Morgan fingerprint density at radius 2 is 2.24 bits per heavy atom. The molecule has 17 heavy (non-hydrogen) atoms. The molecule has 98 valence electrons. The van der Waals surface area contributed by atoms with Crippen LogP contribution in [0.4, 0.5) is 0 Å². The molecule has 0 atom stereocenters. The first-order valence-corrected chi connectivity index (χ1v) is 6.43. The summed E-state index contributed by atoms with van der Waals surface area (Å²) >= 11 is 0. The van der Waals surface area contributed by atoms with Gasteiger partial charge in [-0.05, 0) is 25.3 Å². The molecule has 0 aromatic carbocycles. The van der Waals surface area contributed by atoms with Gasteiger partial charge < -0.3 is 10.1 Å². The fourth-order valence-electron chi connectivity index (χ4n) is 1.65. The van der Waals surface area contributed by atoms with Gasteiger partial charge in [0.05, 0.1) is 6.20 Å². The lowest BCUT2D eigenvalue weighted by atomic mass is 10.2. The fourth-order valence-corrected chi connectivity index (χ4v) is 1.65. The van der Waals surface area contributed by atoms with E-state index in [2.05, 4.69) is 30.5 Å². The number of unbranched alkanes of at least 4 members (excludes halogenated alkanes) is 1. The zero-order valence-electron chi connectivity index (χ0n) is 11.3. The highest BCUT2D eigenvalue weighted by molar-refractivity contribution is 5.03. The van der Waals surface area contributed by atoms with Crippen molar-refractivity contribution in [1.29, 1.82) is 0 Å². The van der Waals surface area contributed by atoms with Crippen LogP contribution in [0.1, 0.15) is 32.3 Å². The van der Waals surface area contributed by atoms with Crippen molar-refractivity contribution in [2.45, 2.75) is 39.8 Å². The summed E-state index contributed by atoms with van der Waals surface area (Å²) in [5, 5.41) is 7.76. The van der Waals surface area contributed by atoms with Crippen molar-refractivity contribution in [3.63, 3.8) is 0 Å². The molecule has 0 spiro atoms. The normalized spacial score (nSPS) is 11.3. The van der Waals surface area contributed by atoms with E-state index in [-0.39, 0.29) is 0 Å². The molecule has 0 bridgehead atoms. The average molecular weight is 239 g/mol. The maximum atomic E-state index is 5.02. The number of hydrogen-bond acceptors (Lipinski definition) is 3. The van der Waals surface area contributed by atoms with E-state index in [1.807, 2.05) is 10.9 Å². The average Bonchev–Trinajstić information content (AvgIpc) is 2.72. The minimum atomic E-state index is 0.694. The molecule has 0 unspecified atom stereocenters. The summed E-state index contributed by atoms with van der Waals surface area (Å²) in [6.45, 7) is 8.21. The second kappa shape index (κ2) is 8.25. The van der Waals surface area contributed by atoms with E-state index in [4.69, 9.17) is 4.74 Å². The van der Waals surface area contributed by atoms with Gasteiger partial charge in [0.2, 0.25) is 0 Å². The van der Waals surface area contributed by atoms with Gasteiger partial charge in [-0.15, -0.1) is 0 Å². The molecular weight excluding hydrogens is 214 g/mol. The van der Waals surface area contributed by atoms with Crippen LogP contribution >= 0.6 is 0 Å². The highest BCUT2D eigenvalue weighted by Gasteiger charge is 1.99. The third-order valence-electron chi connectivity index (χ3n) is 2.55. The SMILES string of the molecule is COCCCCn1cc(CNCC(C)C)cn1. The van der Waals surface area contributed by atoms with E-state index in [9.17, 15) is 0 Å². The van der Waals surface area contributed by atoms with Crippen LogP contribution < -0.4 is 5.32 Å². The van der Waals surface area contributed by atoms with Crippen LogP contribution in [0.5, 0.6) is 0 Å². The highest BCUT2D eigenvalue weighted by atomic mass is 16.5. The van der Waals surface area contributed by atoms with Crippen LogP contribution in [-0.4, -0.2) is 30.0 Å². The Morgan fingerprint density at radius 1 is 1.41 bits per heavy atom. The van der Waals surface area contributed by atoms with Gasteiger partial charge in [0.25, 0.3) is 0 Å². The first kappa shape index (κ1) is 14.2. The molecule has 0 aliphatic rings. The number of methoxy groups -OCH3 is 1. The molecule has 0 fully saturated rings. The summed E-state index contributed by atoms with van der Waals surface area (Å²) in [5.41, 5.74) is 1.26. The monoisotopic (exact) mass is 239 g/mol. The van der Waals surface area contributed by atoms with Crippen LogP contribution in [0.25, 0.3) is 0 Å². The van der Waals surface area contributed by atoms with Gasteiger partial charge in [-0.3, -0.25) is 4.68 Å². The number of nitrogens with one attached hydrogen (secondary N) is 1. The van der Waals surface area contributed by atoms with Gasteiger partial charge in [0.15, 0.2) is 0 Å². The smallest absolute Gasteiger partial charge is 0.0534 e. The lowest BCUT2D eigenvalue weighted by molar-refractivity contribution is 0.191. The largest absolute Gasteiger partial charge is 0.385 e. The molecular formula is C13H25N3O. The van der Waals surface area contributed by atoms with E-state index in [0.29, 0.717) is 5.92 Å². The van der Waals surface area contributed by atoms with Crippen molar-refractivity contribution in [3.8, 4) is 0 Å². The summed E-state index contributed by atoms with van der Waals surface area (Å²) in [4.78, 5) is 0. The standard InChI is InChI=1S/C13H25N3O/c1-12(2)8-14-9-13-10-15-16(11-13)6-4-5-7-17-3/h10-12,14H,4-9H2,1-3H3. The van der Waals surface area contributed by atoms with Gasteiger partial charge >= 0.3 is 0 Å². The molecule has 0 amide bonds. The Kier molecular flexibility index (Phi) is 6.89. The van der Waals surface area contributed by atoms with Crippen LogP contribution in [0.3, 0.4) is 0 Å². The Labute approximate surface area is 104 Å². The third-order valence-corrected chi connectivity index (χ3v) is 2.55. The number of nitrogens with zero attached hydrogens (tertiary/aromatic N) is 2. The molecule has 0 saturated heterocycles. The second-order valence-electron chi connectivity index (χ2n) is 4.84. The summed E-state index contributed by atoms with van der Waals surface area (Å²) in [7, 11) is 1.74. The minimum Gasteiger partial charge on any atom is -0.385 e. The topological polar surface area (TPSA) is 39.1 Å². The maximum absolute atomic E-state index is 5.02. The molecule has 0 saturated carbocycles. The Bertz CT molecular complexity index is 297. The van der Waals surface area contributed by atoms with Crippen molar-refractivity contribution in [2.24, 2.45) is 5.92 Å². The molecule has 0 radical (unpaired) electrons. The first-order valence-electron chi connectivity index (χ1n) is 6.43. The van der Waals surface area contributed by atoms with Crippen LogP contribution in [-0.2, 0) is 17.8 Å². The van der Waals surface area contributed by atoms with Gasteiger partial charge in [-0.25, -0.2) is 0 Å². The van der Waals surface area contributed by atoms with Crippen LogP contribution in [0.15, 0.2) is 12.4 Å². The second-order valence-corrected chi connectivity index (χ2v) is 4.84. The highest BCUT2D eigenvalue weighted by Crippen LogP contribution is 2.00. The Hall–Kier alpha value is -0.870. The van der Waals surface area contributed by atoms with E-state index < -0.39 is 0 Å². The predicted molar refractivity (Wildman–Crippen MR) is 69.9 cm³/mol. The molecule has 1 heterocycles. The summed E-state index contributed by atoms with van der Waals surface area (Å²) in [6.07, 6.45) is 6.29. The number of ether oxygens (including phenoxy) is 1. The Balaban J connectivity index is 2.18. The minimum absolute atomic E-state index is 0.694. The van der Waals surface area contributed by atoms with Crippen LogP contribution in [0, 0.1) is 5.92 Å². The first-order chi connectivity index (χ1) is 8.22. The van der Waals surface area contributed by atoms with Crippen molar-refractivity contribution >= 4 is 0 Å². The van der Waals surface area contributed by atoms with Crippen LogP contribution in [0.2, 0.25) is 0 Å². The van der Waals surface area contributed by atoms with Gasteiger partial charge in [-0.2, -0.15) is 5.10 Å². The molecule has 4 nitrogen and oxygen atoms in total. The molecule has 4 heteroatoms. The molecule has 1 aromatic heterocycles. The summed E-state index contributed by atoms with van der Waals surface area (Å²) < 4.78 is 7.04. The quantitative estimate of drug-likeness (QED) is 0.670. The number of aryl methyl sites for hydroxylation is 1. The maximum Gasteiger partial charge on any atom is 0.0534 e. The fraction of sp³-hybridized carbons (Fsp3) is 0.769. The third kappa shape index (κ3) is 6.44. The molecule has 1 aromatic rings. The van der Waals surface area contributed by atoms with E-state index in [1.165, 1.54) is 5.56 Å². The predicted octanol–water partition coefficient (Wildman–Crippen LogP) is 2.06. The zero-order chi connectivity index (χ0) is 12.5. The lowest BCUT2D eigenvalue weighted by Gasteiger charge is -2.05. The summed E-state index contributed by atoms with van der Waals surface area (Å²) in [5.74, 6) is 0.694.